The third-order valence-electron chi connectivity index (χ3n) is 5.30. The van der Waals surface area contributed by atoms with Crippen LogP contribution in [0.15, 0.2) is 57.7 Å². The number of hydrogen-bond acceptors (Lipinski definition) is 4. The van der Waals surface area contributed by atoms with E-state index in [-0.39, 0.29) is 17.1 Å². The van der Waals surface area contributed by atoms with E-state index < -0.39 is 6.04 Å². The lowest BCUT2D eigenvalue weighted by Crippen LogP contribution is -2.30. The number of nitrogens with zero attached hydrogens (tertiary/aromatic N) is 1. The number of hydrogen-bond donors (Lipinski definition) is 0. The van der Waals surface area contributed by atoms with E-state index in [1.54, 1.807) is 23.1 Å². The van der Waals surface area contributed by atoms with Gasteiger partial charge in [-0.3, -0.25) is 9.59 Å². The number of ether oxygens (including phenoxy) is 1. The second kappa shape index (κ2) is 8.11. The van der Waals surface area contributed by atoms with Crippen molar-refractivity contribution >= 4 is 16.9 Å². The SMILES string of the molecule is CCCCOc1ccc([C@@H]2c3c(oc4ccccc4c3=O)C(=O)N2CCC)cc1. The first-order valence-electron chi connectivity index (χ1n) is 10.2. The summed E-state index contributed by atoms with van der Waals surface area (Å²) in [5.74, 6) is 0.729. The fraction of sp³-hybridized carbons (Fsp3) is 0.333. The van der Waals surface area contributed by atoms with Crippen LogP contribution < -0.4 is 10.2 Å². The van der Waals surface area contributed by atoms with Gasteiger partial charge in [-0.25, -0.2) is 0 Å². The quantitative estimate of drug-likeness (QED) is 0.536. The Morgan fingerprint density at radius 2 is 1.76 bits per heavy atom. The van der Waals surface area contributed by atoms with E-state index in [0.29, 0.717) is 29.7 Å². The lowest BCUT2D eigenvalue weighted by Gasteiger charge is -2.24. The molecule has 3 aromatic rings. The lowest BCUT2D eigenvalue weighted by atomic mass is 9.98. The van der Waals surface area contributed by atoms with Gasteiger partial charge >= 0.3 is 0 Å². The van der Waals surface area contributed by atoms with Crippen LogP contribution in [0.3, 0.4) is 0 Å². The van der Waals surface area contributed by atoms with Crippen LogP contribution in [0.25, 0.3) is 11.0 Å². The van der Waals surface area contributed by atoms with Gasteiger partial charge in [0.1, 0.15) is 11.3 Å². The van der Waals surface area contributed by atoms with Crippen LogP contribution in [0.4, 0.5) is 0 Å². The zero-order valence-electron chi connectivity index (χ0n) is 16.8. The fourth-order valence-corrected chi connectivity index (χ4v) is 3.87. The van der Waals surface area contributed by atoms with Crippen LogP contribution in [0, 0.1) is 0 Å². The summed E-state index contributed by atoms with van der Waals surface area (Å²) in [6.07, 6.45) is 2.88. The molecular formula is C24H25NO4. The standard InChI is InChI=1S/C24H25NO4/c1-3-5-15-28-17-12-10-16(11-13-17)21-20-22(26)18-8-6-7-9-19(18)29-23(20)24(27)25(21)14-4-2/h6-13,21H,3-5,14-15H2,1-2H3/t21-/m1/s1. The van der Waals surface area contributed by atoms with Gasteiger partial charge in [-0.05, 0) is 42.7 Å². The van der Waals surface area contributed by atoms with Gasteiger partial charge in [0.15, 0.2) is 5.43 Å². The van der Waals surface area contributed by atoms with E-state index >= 15 is 0 Å². The summed E-state index contributed by atoms with van der Waals surface area (Å²) in [5, 5.41) is 0.502. The molecule has 29 heavy (non-hydrogen) atoms. The first-order chi connectivity index (χ1) is 14.2. The molecule has 0 bridgehead atoms. The monoisotopic (exact) mass is 391 g/mol. The maximum absolute atomic E-state index is 13.3. The van der Waals surface area contributed by atoms with E-state index in [0.717, 1.165) is 30.6 Å². The molecule has 0 fully saturated rings. The Bertz CT molecular complexity index is 1080. The zero-order valence-corrected chi connectivity index (χ0v) is 16.8. The normalized spacial score (nSPS) is 15.7. The van der Waals surface area contributed by atoms with Crippen molar-refractivity contribution in [1.82, 2.24) is 4.90 Å². The summed E-state index contributed by atoms with van der Waals surface area (Å²) in [6.45, 7) is 5.37. The summed E-state index contributed by atoms with van der Waals surface area (Å²) in [6, 6.07) is 14.3. The molecule has 5 nitrogen and oxygen atoms in total. The summed E-state index contributed by atoms with van der Waals surface area (Å²) in [4.78, 5) is 28.1. The van der Waals surface area contributed by atoms with E-state index in [1.165, 1.54) is 0 Å². The van der Waals surface area contributed by atoms with Crippen molar-refractivity contribution in [3.05, 3.63) is 75.6 Å². The van der Waals surface area contributed by atoms with E-state index in [1.807, 2.05) is 37.3 Å². The van der Waals surface area contributed by atoms with Gasteiger partial charge in [0.2, 0.25) is 5.76 Å². The van der Waals surface area contributed by atoms with Crippen molar-refractivity contribution in [3.8, 4) is 5.75 Å². The number of carbonyl (C=O) groups is 1. The molecule has 0 saturated heterocycles. The lowest BCUT2D eigenvalue weighted by molar-refractivity contribution is 0.0728. The van der Waals surface area contributed by atoms with Gasteiger partial charge in [-0.2, -0.15) is 0 Å². The number of amides is 1. The molecule has 0 spiro atoms. The van der Waals surface area contributed by atoms with Gasteiger partial charge in [0.05, 0.1) is 23.6 Å². The summed E-state index contributed by atoms with van der Waals surface area (Å²) >= 11 is 0. The third kappa shape index (κ3) is 3.41. The Morgan fingerprint density at radius 1 is 1.00 bits per heavy atom. The second-order valence-electron chi connectivity index (χ2n) is 7.34. The molecule has 150 valence electrons. The third-order valence-corrected chi connectivity index (χ3v) is 5.30. The van der Waals surface area contributed by atoms with Crippen LogP contribution in [0.2, 0.25) is 0 Å². The molecule has 0 radical (unpaired) electrons. The topological polar surface area (TPSA) is 59.8 Å². The highest BCUT2D eigenvalue weighted by Crippen LogP contribution is 2.38. The molecule has 4 rings (SSSR count). The Balaban J connectivity index is 1.79. The molecule has 2 heterocycles. The van der Waals surface area contributed by atoms with Crippen molar-refractivity contribution in [3.63, 3.8) is 0 Å². The highest BCUT2D eigenvalue weighted by atomic mass is 16.5. The largest absolute Gasteiger partial charge is 0.494 e. The molecule has 0 aliphatic carbocycles. The smallest absolute Gasteiger partial charge is 0.290 e. The van der Waals surface area contributed by atoms with Crippen molar-refractivity contribution in [1.29, 1.82) is 0 Å². The molecule has 5 heteroatoms. The number of rotatable bonds is 7. The van der Waals surface area contributed by atoms with E-state index in [4.69, 9.17) is 9.15 Å². The molecular weight excluding hydrogens is 366 g/mol. The average molecular weight is 391 g/mol. The van der Waals surface area contributed by atoms with Crippen LogP contribution in [0.1, 0.15) is 60.8 Å². The number of para-hydroxylation sites is 1. The first kappa shape index (κ1) is 19.2. The molecule has 0 saturated carbocycles. The van der Waals surface area contributed by atoms with Gasteiger partial charge in [-0.15, -0.1) is 0 Å². The van der Waals surface area contributed by atoms with Crippen molar-refractivity contribution in [2.24, 2.45) is 0 Å². The van der Waals surface area contributed by atoms with E-state index in [9.17, 15) is 9.59 Å². The van der Waals surface area contributed by atoms with Crippen molar-refractivity contribution < 1.29 is 13.9 Å². The molecule has 1 aromatic heterocycles. The molecule has 1 amide bonds. The highest BCUT2D eigenvalue weighted by molar-refractivity contribution is 5.99. The predicted molar refractivity (Wildman–Crippen MR) is 112 cm³/mol. The maximum atomic E-state index is 13.3. The minimum atomic E-state index is -0.442. The summed E-state index contributed by atoms with van der Waals surface area (Å²) in [5.41, 5.74) is 1.63. The van der Waals surface area contributed by atoms with Gasteiger partial charge in [-0.1, -0.05) is 44.5 Å². The Morgan fingerprint density at radius 3 is 2.48 bits per heavy atom. The Hall–Kier alpha value is -3.08. The molecule has 2 aromatic carbocycles. The van der Waals surface area contributed by atoms with Gasteiger partial charge in [0.25, 0.3) is 5.91 Å². The highest BCUT2D eigenvalue weighted by Gasteiger charge is 2.42. The minimum Gasteiger partial charge on any atom is -0.494 e. The van der Waals surface area contributed by atoms with Crippen LogP contribution >= 0.6 is 0 Å². The molecule has 0 unspecified atom stereocenters. The molecule has 1 aliphatic heterocycles. The van der Waals surface area contributed by atoms with Crippen LogP contribution in [-0.4, -0.2) is 24.0 Å². The summed E-state index contributed by atoms with van der Waals surface area (Å²) in [7, 11) is 0. The molecule has 1 aliphatic rings. The average Bonchev–Trinajstić information content (AvgIpc) is 3.02. The second-order valence-corrected chi connectivity index (χ2v) is 7.34. The first-order valence-corrected chi connectivity index (χ1v) is 10.2. The van der Waals surface area contributed by atoms with Crippen LogP contribution in [0.5, 0.6) is 5.75 Å². The number of fused-ring (bicyclic) bond motifs is 2. The Kier molecular flexibility index (Phi) is 5.38. The Labute approximate surface area is 169 Å². The summed E-state index contributed by atoms with van der Waals surface area (Å²) < 4.78 is 11.6. The number of unbranched alkanes of at least 4 members (excludes halogenated alkanes) is 1. The van der Waals surface area contributed by atoms with Gasteiger partial charge in [0, 0.05) is 6.54 Å². The van der Waals surface area contributed by atoms with Crippen molar-refractivity contribution in [2.75, 3.05) is 13.2 Å². The fourth-order valence-electron chi connectivity index (χ4n) is 3.87. The predicted octanol–water partition coefficient (Wildman–Crippen LogP) is 4.93. The minimum absolute atomic E-state index is 0.137. The van der Waals surface area contributed by atoms with Gasteiger partial charge < -0.3 is 14.1 Å². The molecule has 0 N–H and O–H groups in total. The van der Waals surface area contributed by atoms with E-state index in [2.05, 4.69) is 6.92 Å². The number of benzene rings is 2. The maximum Gasteiger partial charge on any atom is 0.290 e. The zero-order chi connectivity index (χ0) is 20.4. The molecule has 1 atom stereocenters. The number of carbonyl (C=O) groups excluding carboxylic acids is 1. The van der Waals surface area contributed by atoms with Crippen LogP contribution in [-0.2, 0) is 0 Å². The van der Waals surface area contributed by atoms with Crippen molar-refractivity contribution in [2.45, 2.75) is 39.2 Å².